The van der Waals surface area contributed by atoms with Crippen LogP contribution < -0.4 is 4.90 Å². The molecule has 10 aromatic rings. The van der Waals surface area contributed by atoms with Crippen molar-refractivity contribution in [2.45, 2.75) is 57.8 Å². The first-order chi connectivity index (χ1) is 40.2. The molecule has 2 aromatic heterocycles. The third-order valence-electron chi connectivity index (χ3n) is 17.9. The van der Waals surface area contributed by atoms with Gasteiger partial charge in [-0.25, -0.2) is 9.97 Å². The van der Waals surface area contributed by atoms with Gasteiger partial charge in [0.25, 0.3) is 0 Å². The Morgan fingerprint density at radius 1 is 0.634 bits per heavy atom. The molecule has 0 spiro atoms. The van der Waals surface area contributed by atoms with Gasteiger partial charge in [-0.3, -0.25) is 0 Å². The maximum atomic E-state index is 5.49. The van der Waals surface area contributed by atoms with Crippen molar-refractivity contribution in [2.75, 3.05) is 4.90 Å². The highest BCUT2D eigenvalue weighted by Crippen LogP contribution is 2.53. The maximum absolute atomic E-state index is 5.49. The van der Waals surface area contributed by atoms with E-state index in [-0.39, 0.29) is 29.1 Å². The molecule has 4 nitrogen and oxygen atoms in total. The summed E-state index contributed by atoms with van der Waals surface area (Å²) < 4.78 is 2.53. The lowest BCUT2D eigenvalue weighted by atomic mass is 9.77. The quantitative estimate of drug-likeness (QED) is 0.0796. The first-order valence-electron chi connectivity index (χ1n) is 28.9. The first kappa shape index (κ1) is 51.1. The Kier molecular flexibility index (Phi) is 13.0. The summed E-state index contributed by atoms with van der Waals surface area (Å²) >= 11 is 5.49. The summed E-state index contributed by atoms with van der Waals surface area (Å²) in [5.41, 5.74) is 19.9. The molecule has 4 aliphatic carbocycles. The van der Waals surface area contributed by atoms with Crippen molar-refractivity contribution in [3.8, 4) is 33.5 Å². The SMILES string of the molecule is C=C/C(S)=C(\c1c(C)n(C2=CCC(c3nc(-c4ccccc4)cc(C4C=CC=CC4)n3)C=C2)c2c3ccccc3c3ccccc3c12)C1C=CC=C(N(c2ccc(-c3ccccc3)cc2)c2ccc3c(c2)C(C)(C)c2ccccc2-3)C1C. The molecule has 0 aliphatic heterocycles. The largest absolute Gasteiger partial charge is 0.314 e. The van der Waals surface area contributed by atoms with Crippen LogP contribution in [0.4, 0.5) is 11.4 Å². The molecule has 0 radical (unpaired) electrons. The fraction of sp³-hybridized carbons (Fsp3) is 0.143. The number of nitrogens with zero attached hydrogens (tertiary/aromatic N) is 4. The van der Waals surface area contributed by atoms with Gasteiger partial charge in [0.2, 0.25) is 0 Å². The molecule has 4 aliphatic rings. The van der Waals surface area contributed by atoms with Crippen molar-refractivity contribution in [3.05, 3.63) is 300 Å². The highest BCUT2D eigenvalue weighted by Gasteiger charge is 2.38. The van der Waals surface area contributed by atoms with E-state index in [0.29, 0.717) is 0 Å². The van der Waals surface area contributed by atoms with E-state index < -0.39 is 0 Å². The fourth-order valence-corrected chi connectivity index (χ4v) is 14.0. The average Bonchev–Trinajstić information content (AvgIpc) is 2.53. The number of rotatable bonds is 11. The van der Waals surface area contributed by atoms with Crippen molar-refractivity contribution in [2.24, 2.45) is 11.8 Å². The normalized spacial score (nSPS) is 19.0. The van der Waals surface area contributed by atoms with Crippen LogP contribution in [0.15, 0.2) is 266 Å². The van der Waals surface area contributed by atoms with E-state index in [1.165, 1.54) is 77.1 Å². The molecular formula is C77H64N4S. The second-order valence-corrected chi connectivity index (χ2v) is 23.4. The Labute approximate surface area is 487 Å². The number of hydrogen-bond donors (Lipinski definition) is 1. The Bertz CT molecular complexity index is 4430. The van der Waals surface area contributed by atoms with Crippen LogP contribution in [0.2, 0.25) is 0 Å². The number of aromatic nitrogens is 3. The summed E-state index contributed by atoms with van der Waals surface area (Å²) in [4.78, 5) is 14.0. The number of hydrogen-bond acceptors (Lipinski definition) is 4. The van der Waals surface area contributed by atoms with Crippen LogP contribution in [0.5, 0.6) is 0 Å². The minimum atomic E-state index is -0.168. The summed E-state index contributed by atoms with van der Waals surface area (Å²) in [5, 5.41) is 6.09. The monoisotopic (exact) mass is 1080 g/mol. The molecular weight excluding hydrogens is 1010 g/mol. The molecule has 0 saturated carbocycles. The predicted octanol–water partition coefficient (Wildman–Crippen LogP) is 20.2. The third-order valence-corrected chi connectivity index (χ3v) is 18.3. The summed E-state index contributed by atoms with van der Waals surface area (Å²) in [6.45, 7) is 13.9. The van der Waals surface area contributed by atoms with E-state index in [1.807, 2.05) is 6.08 Å². The Morgan fingerprint density at radius 2 is 1.29 bits per heavy atom. The van der Waals surface area contributed by atoms with Gasteiger partial charge in [0.05, 0.1) is 16.9 Å². The highest BCUT2D eigenvalue weighted by molar-refractivity contribution is 7.85. The Hall–Kier alpha value is -9.03. The van der Waals surface area contributed by atoms with Gasteiger partial charge in [-0.1, -0.05) is 234 Å². The number of anilines is 2. The van der Waals surface area contributed by atoms with Gasteiger partial charge in [-0.2, -0.15) is 0 Å². The maximum Gasteiger partial charge on any atom is 0.136 e. The Balaban J connectivity index is 0.907. The number of fused-ring (bicyclic) bond motifs is 9. The van der Waals surface area contributed by atoms with E-state index in [0.717, 1.165) is 68.9 Å². The molecule has 5 heteroatoms. The Morgan fingerprint density at radius 3 is 2.01 bits per heavy atom. The van der Waals surface area contributed by atoms with Gasteiger partial charge in [0, 0.05) is 84.4 Å². The molecule has 398 valence electrons. The zero-order chi connectivity index (χ0) is 55.6. The topological polar surface area (TPSA) is 34.0 Å². The number of allylic oxidation sites excluding steroid dienone is 14. The zero-order valence-electron chi connectivity index (χ0n) is 46.8. The van der Waals surface area contributed by atoms with Crippen molar-refractivity contribution in [1.82, 2.24) is 14.5 Å². The van der Waals surface area contributed by atoms with Gasteiger partial charge < -0.3 is 9.47 Å². The lowest BCUT2D eigenvalue weighted by Crippen LogP contribution is -2.28. The van der Waals surface area contributed by atoms with Crippen molar-refractivity contribution >= 4 is 67.7 Å². The van der Waals surface area contributed by atoms with Crippen LogP contribution in [0.3, 0.4) is 0 Å². The average molecular weight is 1080 g/mol. The van der Waals surface area contributed by atoms with Crippen LogP contribution in [0.25, 0.3) is 77.2 Å². The minimum absolute atomic E-state index is 0.00305. The molecule has 0 fully saturated rings. The van der Waals surface area contributed by atoms with Crippen molar-refractivity contribution in [3.63, 3.8) is 0 Å². The van der Waals surface area contributed by atoms with Crippen molar-refractivity contribution < 1.29 is 0 Å². The standard InChI is InChI=1S/C77H64N4S/c1-6-71(82)73(59-34-22-36-70(49(59)2)81(57-41-37-52(38-42-57)51-23-10-7-11-24-51)58-45-46-63-62-31-20-21-35-66(62)77(4,5)67(63)47-58)72-50(3)80(75-65-33-19-17-30-61(65)60-29-16-18-32-64(60)74(72)75)56-43-39-55(40-44-56)76-78-68(53-25-12-8-13-26-53)48-69(79-76)54-27-14-9-15-28-54/h6-27,29-39,41-49,54-55,59,82H,1,28,40H2,2-5H3/b73-71+. The van der Waals surface area contributed by atoms with E-state index in [9.17, 15) is 0 Å². The van der Waals surface area contributed by atoms with Gasteiger partial charge in [0.15, 0.2) is 0 Å². The second kappa shape index (κ2) is 20.8. The molecule has 82 heavy (non-hydrogen) atoms. The van der Waals surface area contributed by atoms with Gasteiger partial charge in [-0.15, -0.1) is 12.6 Å². The molecule has 8 aromatic carbocycles. The van der Waals surface area contributed by atoms with Gasteiger partial charge >= 0.3 is 0 Å². The van der Waals surface area contributed by atoms with Crippen LogP contribution >= 0.6 is 12.6 Å². The predicted molar refractivity (Wildman–Crippen MR) is 350 cm³/mol. The molecule has 14 rings (SSSR count). The van der Waals surface area contributed by atoms with Crippen LogP contribution in [-0.2, 0) is 5.41 Å². The van der Waals surface area contributed by atoms with Gasteiger partial charge in [-0.05, 0) is 117 Å². The van der Waals surface area contributed by atoms with Crippen molar-refractivity contribution in [1.29, 1.82) is 0 Å². The molecule has 0 N–H and O–H groups in total. The fourth-order valence-electron chi connectivity index (χ4n) is 13.8. The molecule has 0 saturated heterocycles. The molecule has 0 bridgehead atoms. The molecule has 4 atom stereocenters. The minimum Gasteiger partial charge on any atom is -0.314 e. The summed E-state index contributed by atoms with van der Waals surface area (Å²) in [6, 6.07) is 66.4. The van der Waals surface area contributed by atoms with Gasteiger partial charge in [0.1, 0.15) is 5.82 Å². The van der Waals surface area contributed by atoms with E-state index in [4.69, 9.17) is 22.6 Å². The smallest absolute Gasteiger partial charge is 0.136 e. The first-order valence-corrected chi connectivity index (χ1v) is 29.4. The third kappa shape index (κ3) is 8.60. The summed E-state index contributed by atoms with van der Waals surface area (Å²) in [5.74, 6) is 0.949. The summed E-state index contributed by atoms with van der Waals surface area (Å²) in [7, 11) is 0. The zero-order valence-corrected chi connectivity index (χ0v) is 47.7. The van der Waals surface area contributed by atoms with Crippen LogP contribution in [-0.4, -0.2) is 14.5 Å². The van der Waals surface area contributed by atoms with Crippen LogP contribution in [0, 0.1) is 18.8 Å². The highest BCUT2D eigenvalue weighted by atomic mass is 32.1. The lowest BCUT2D eigenvalue weighted by Gasteiger charge is -2.37. The van der Waals surface area contributed by atoms with Crippen LogP contribution in [0.1, 0.15) is 79.4 Å². The molecule has 4 unspecified atom stereocenters. The lowest BCUT2D eigenvalue weighted by molar-refractivity contribution is 0.573. The van der Waals surface area contributed by atoms with E-state index in [2.05, 4.69) is 286 Å². The number of thiol groups is 1. The molecule has 0 amide bonds. The van der Waals surface area contributed by atoms with E-state index in [1.54, 1.807) is 0 Å². The second-order valence-electron chi connectivity index (χ2n) is 22.9. The molecule has 2 heterocycles. The van der Waals surface area contributed by atoms with E-state index >= 15 is 0 Å². The number of benzene rings is 8. The summed E-state index contributed by atoms with van der Waals surface area (Å²) in [6.07, 6.45) is 26.5.